The molecule has 1 fully saturated rings. The van der Waals surface area contributed by atoms with Gasteiger partial charge in [0.05, 0.1) is 0 Å². The van der Waals surface area contributed by atoms with E-state index in [-0.39, 0.29) is 6.04 Å². The number of nitrogens with two attached hydrogens (primary N) is 1. The molecule has 1 heterocycles. The number of anilines is 1. The van der Waals surface area contributed by atoms with Crippen LogP contribution in [0.3, 0.4) is 0 Å². The van der Waals surface area contributed by atoms with E-state index in [9.17, 15) is 0 Å². The Morgan fingerprint density at radius 3 is 2.58 bits per heavy atom. The molecule has 1 saturated heterocycles. The first-order valence-electron chi connectivity index (χ1n) is 7.32. The van der Waals surface area contributed by atoms with Crippen LogP contribution in [0.25, 0.3) is 0 Å². The fraction of sp³-hybridized carbons (Fsp3) is 0.625. The summed E-state index contributed by atoms with van der Waals surface area (Å²) >= 11 is 0. The van der Waals surface area contributed by atoms with Crippen molar-refractivity contribution in [1.82, 2.24) is 4.90 Å². The van der Waals surface area contributed by atoms with Gasteiger partial charge in [0.25, 0.3) is 0 Å². The van der Waals surface area contributed by atoms with Crippen LogP contribution in [-0.4, -0.2) is 44.2 Å². The van der Waals surface area contributed by atoms with Crippen LogP contribution in [0.2, 0.25) is 0 Å². The third-order valence-corrected chi connectivity index (χ3v) is 3.78. The number of likely N-dealkylation sites (N-methyl/N-ethyl adjacent to an activating group) is 1. The molecule has 2 atom stereocenters. The quantitative estimate of drug-likeness (QED) is 0.881. The van der Waals surface area contributed by atoms with E-state index in [1.165, 1.54) is 30.6 Å². The normalized spacial score (nSPS) is 21.1. The summed E-state index contributed by atoms with van der Waals surface area (Å²) < 4.78 is 0. The van der Waals surface area contributed by atoms with E-state index >= 15 is 0 Å². The topological polar surface area (TPSA) is 32.5 Å². The molecular weight excluding hydrogens is 234 g/mol. The molecule has 0 saturated carbocycles. The number of hydrogen-bond acceptors (Lipinski definition) is 3. The smallest absolute Gasteiger partial charge is 0.0417 e. The first-order chi connectivity index (χ1) is 9.06. The average Bonchev–Trinajstić information content (AvgIpc) is 2.76. The highest BCUT2D eigenvalue weighted by Gasteiger charge is 2.24. The van der Waals surface area contributed by atoms with Crippen molar-refractivity contribution in [3.63, 3.8) is 0 Å². The molecule has 0 spiro atoms. The van der Waals surface area contributed by atoms with Crippen molar-refractivity contribution in [3.05, 3.63) is 29.8 Å². The summed E-state index contributed by atoms with van der Waals surface area (Å²) in [6.07, 6.45) is 3.57. The van der Waals surface area contributed by atoms with Crippen LogP contribution in [0, 0.1) is 0 Å². The second-order valence-corrected chi connectivity index (χ2v) is 6.10. The fourth-order valence-electron chi connectivity index (χ4n) is 2.98. The molecule has 1 aliphatic rings. The molecule has 0 bridgehead atoms. The Morgan fingerprint density at radius 1 is 1.32 bits per heavy atom. The minimum Gasteiger partial charge on any atom is -0.367 e. The zero-order valence-electron chi connectivity index (χ0n) is 12.5. The second kappa shape index (κ2) is 6.40. The summed E-state index contributed by atoms with van der Waals surface area (Å²) in [4.78, 5) is 4.84. The predicted octanol–water partition coefficient (Wildman–Crippen LogP) is 2.11. The van der Waals surface area contributed by atoms with Crippen LogP contribution in [0.1, 0.15) is 25.3 Å². The van der Waals surface area contributed by atoms with Gasteiger partial charge in [0, 0.05) is 30.9 Å². The first kappa shape index (κ1) is 14.4. The molecule has 3 nitrogen and oxygen atoms in total. The van der Waals surface area contributed by atoms with Gasteiger partial charge in [-0.1, -0.05) is 12.1 Å². The van der Waals surface area contributed by atoms with Crippen LogP contribution in [-0.2, 0) is 6.42 Å². The standard InChI is InChI=1S/C16H27N3/c1-13(17)11-14-6-8-15(9-7-14)19-10-4-5-16(19)12-18(2)3/h6-9,13,16H,4-5,10-12,17H2,1-3H3. The van der Waals surface area contributed by atoms with Gasteiger partial charge in [-0.3, -0.25) is 0 Å². The Hall–Kier alpha value is -1.06. The molecule has 2 rings (SSSR count). The van der Waals surface area contributed by atoms with Gasteiger partial charge in [-0.15, -0.1) is 0 Å². The van der Waals surface area contributed by atoms with E-state index in [0.29, 0.717) is 6.04 Å². The SMILES string of the molecule is CC(N)Cc1ccc(N2CCCC2CN(C)C)cc1. The van der Waals surface area contributed by atoms with Gasteiger partial charge in [0.1, 0.15) is 0 Å². The third-order valence-electron chi connectivity index (χ3n) is 3.78. The molecule has 3 heteroatoms. The summed E-state index contributed by atoms with van der Waals surface area (Å²) in [7, 11) is 4.31. The molecule has 1 aromatic rings. The first-order valence-corrected chi connectivity index (χ1v) is 7.32. The highest BCUT2D eigenvalue weighted by Crippen LogP contribution is 2.26. The van der Waals surface area contributed by atoms with Gasteiger partial charge >= 0.3 is 0 Å². The summed E-state index contributed by atoms with van der Waals surface area (Å²) in [5, 5.41) is 0. The number of hydrogen-bond donors (Lipinski definition) is 1. The monoisotopic (exact) mass is 261 g/mol. The predicted molar refractivity (Wildman–Crippen MR) is 82.7 cm³/mol. The third kappa shape index (κ3) is 3.95. The Kier molecular flexibility index (Phi) is 4.83. The van der Waals surface area contributed by atoms with Gasteiger partial charge in [0.2, 0.25) is 0 Å². The van der Waals surface area contributed by atoms with Gasteiger partial charge in [-0.05, 0) is 58.0 Å². The molecular formula is C16H27N3. The van der Waals surface area contributed by atoms with Gasteiger partial charge < -0.3 is 15.5 Å². The summed E-state index contributed by atoms with van der Waals surface area (Å²) in [6, 6.07) is 9.86. The molecule has 0 radical (unpaired) electrons. The van der Waals surface area contributed by atoms with Crippen molar-refractivity contribution in [3.8, 4) is 0 Å². The maximum absolute atomic E-state index is 5.85. The van der Waals surface area contributed by atoms with Crippen molar-refractivity contribution >= 4 is 5.69 Å². The van der Waals surface area contributed by atoms with E-state index in [1.807, 2.05) is 0 Å². The maximum atomic E-state index is 5.85. The lowest BCUT2D eigenvalue weighted by Crippen LogP contribution is -2.37. The second-order valence-electron chi connectivity index (χ2n) is 6.10. The van der Waals surface area contributed by atoms with E-state index < -0.39 is 0 Å². The molecule has 106 valence electrons. The largest absolute Gasteiger partial charge is 0.367 e. The Labute approximate surface area is 117 Å². The number of nitrogens with zero attached hydrogens (tertiary/aromatic N) is 2. The molecule has 0 amide bonds. The average molecular weight is 261 g/mol. The molecule has 2 N–H and O–H groups in total. The zero-order chi connectivity index (χ0) is 13.8. The van der Waals surface area contributed by atoms with Crippen molar-refractivity contribution < 1.29 is 0 Å². The van der Waals surface area contributed by atoms with Crippen LogP contribution >= 0.6 is 0 Å². The van der Waals surface area contributed by atoms with E-state index in [0.717, 1.165) is 13.0 Å². The van der Waals surface area contributed by atoms with Gasteiger partial charge in [-0.2, -0.15) is 0 Å². The lowest BCUT2D eigenvalue weighted by Gasteiger charge is -2.29. The minimum absolute atomic E-state index is 0.235. The van der Waals surface area contributed by atoms with Crippen molar-refractivity contribution in [1.29, 1.82) is 0 Å². The Morgan fingerprint density at radius 2 is 2.00 bits per heavy atom. The van der Waals surface area contributed by atoms with Crippen molar-refractivity contribution in [2.24, 2.45) is 5.73 Å². The maximum Gasteiger partial charge on any atom is 0.0417 e. The van der Waals surface area contributed by atoms with E-state index in [2.05, 4.69) is 55.1 Å². The highest BCUT2D eigenvalue weighted by atomic mass is 15.2. The zero-order valence-corrected chi connectivity index (χ0v) is 12.5. The summed E-state index contributed by atoms with van der Waals surface area (Å²) in [6.45, 7) is 4.38. The highest BCUT2D eigenvalue weighted by molar-refractivity contribution is 5.49. The minimum atomic E-state index is 0.235. The fourth-order valence-corrected chi connectivity index (χ4v) is 2.98. The molecule has 1 aromatic carbocycles. The summed E-state index contributed by atoms with van der Waals surface area (Å²) in [5.74, 6) is 0. The molecule has 0 aromatic heterocycles. The summed E-state index contributed by atoms with van der Waals surface area (Å²) in [5.41, 5.74) is 8.54. The van der Waals surface area contributed by atoms with E-state index in [1.54, 1.807) is 0 Å². The van der Waals surface area contributed by atoms with Crippen molar-refractivity contribution in [2.45, 2.75) is 38.3 Å². The molecule has 2 unspecified atom stereocenters. The van der Waals surface area contributed by atoms with Crippen LogP contribution in [0.5, 0.6) is 0 Å². The number of rotatable bonds is 5. The lowest BCUT2D eigenvalue weighted by atomic mass is 10.1. The van der Waals surface area contributed by atoms with Crippen LogP contribution in [0.4, 0.5) is 5.69 Å². The lowest BCUT2D eigenvalue weighted by molar-refractivity contribution is 0.372. The molecule has 19 heavy (non-hydrogen) atoms. The molecule has 0 aliphatic carbocycles. The number of benzene rings is 1. The van der Waals surface area contributed by atoms with Crippen molar-refractivity contribution in [2.75, 3.05) is 32.1 Å². The van der Waals surface area contributed by atoms with Crippen LogP contribution in [0.15, 0.2) is 24.3 Å². The molecule has 1 aliphatic heterocycles. The van der Waals surface area contributed by atoms with Crippen LogP contribution < -0.4 is 10.6 Å². The van der Waals surface area contributed by atoms with E-state index in [4.69, 9.17) is 5.73 Å². The Bertz CT molecular complexity index is 383. The Balaban J connectivity index is 2.04. The van der Waals surface area contributed by atoms with Gasteiger partial charge in [0.15, 0.2) is 0 Å². The van der Waals surface area contributed by atoms with Gasteiger partial charge in [-0.25, -0.2) is 0 Å².